The molecule has 121 valence electrons. The first-order valence-corrected chi connectivity index (χ1v) is 12.2. The van der Waals surface area contributed by atoms with E-state index in [1.54, 1.807) is 5.20 Å². The monoisotopic (exact) mass is 530 g/mol. The fourth-order valence-corrected chi connectivity index (χ4v) is 4.88. The van der Waals surface area contributed by atoms with Gasteiger partial charge < -0.3 is 30.5 Å². The second kappa shape index (κ2) is 14.9. The van der Waals surface area contributed by atoms with Crippen molar-refractivity contribution >= 4 is 17.6 Å². The first-order chi connectivity index (χ1) is 8.23. The number of allylic oxidation sites excluding steroid dienone is 4. The number of halogens is 2. The molecule has 2 rings (SSSR count). The third kappa shape index (κ3) is 16.0. The zero-order valence-electron chi connectivity index (χ0n) is 14.3. The predicted octanol–water partition coefficient (Wildman–Crippen LogP) is -0.941. The summed E-state index contributed by atoms with van der Waals surface area (Å²) in [5.74, 6) is 0. The second-order valence-electron chi connectivity index (χ2n) is 6.47. The minimum Gasteiger partial charge on any atom is -1.00 e. The SMILES string of the molecule is CC(C)(C)[NH-].C[SiH]C.C[Si]1(C2=[C-]C=CC2)CCC1.[Cl-].[Cl-].[Hf+4]. The Kier molecular flexibility index (Phi) is 21.4. The molecule has 0 atom stereocenters. The zero-order chi connectivity index (χ0) is 14.2. The Morgan fingerprint density at radius 3 is 1.76 bits per heavy atom. The van der Waals surface area contributed by atoms with Crippen molar-refractivity contribution < 1.29 is 50.7 Å². The predicted molar refractivity (Wildman–Crippen MR) is 89.3 cm³/mol. The molecule has 1 nitrogen and oxygen atoms in total. The second-order valence-corrected chi connectivity index (χ2v) is 12.4. The molecular formula is C15H30Cl2HfNSi2. The molecule has 0 aromatic rings. The quantitative estimate of drug-likeness (QED) is 0.309. The maximum Gasteiger partial charge on any atom is 4.00 e. The van der Waals surface area contributed by atoms with E-state index in [1.165, 1.54) is 24.9 Å². The van der Waals surface area contributed by atoms with Crippen LogP contribution in [0.25, 0.3) is 5.73 Å². The summed E-state index contributed by atoms with van der Waals surface area (Å²) in [6.45, 7) is 12.5. The number of hydrogen-bond donors (Lipinski definition) is 0. The minimum absolute atomic E-state index is 0. The Morgan fingerprint density at radius 2 is 1.57 bits per heavy atom. The van der Waals surface area contributed by atoms with Gasteiger partial charge in [-0.1, -0.05) is 58.9 Å². The van der Waals surface area contributed by atoms with Crippen LogP contribution in [0.3, 0.4) is 0 Å². The van der Waals surface area contributed by atoms with Gasteiger partial charge >= 0.3 is 25.8 Å². The molecule has 2 aliphatic rings. The normalized spacial score (nSPS) is 17.0. The third-order valence-electron chi connectivity index (χ3n) is 2.88. The van der Waals surface area contributed by atoms with E-state index in [9.17, 15) is 0 Å². The molecule has 0 unspecified atom stereocenters. The molecule has 0 saturated carbocycles. The van der Waals surface area contributed by atoms with E-state index in [0.29, 0.717) is 0 Å². The van der Waals surface area contributed by atoms with E-state index in [1.807, 2.05) is 20.8 Å². The number of rotatable bonds is 1. The number of hydrogen-bond acceptors (Lipinski definition) is 0. The van der Waals surface area contributed by atoms with Gasteiger partial charge in [0.15, 0.2) is 0 Å². The van der Waals surface area contributed by atoms with Gasteiger partial charge in [-0.25, -0.2) is 12.2 Å². The fourth-order valence-electron chi connectivity index (χ4n) is 1.82. The Labute approximate surface area is 167 Å². The van der Waals surface area contributed by atoms with Gasteiger partial charge in [-0.3, -0.25) is 6.08 Å². The van der Waals surface area contributed by atoms with E-state index >= 15 is 0 Å². The molecule has 0 amide bonds. The van der Waals surface area contributed by atoms with Gasteiger partial charge in [0.1, 0.15) is 0 Å². The van der Waals surface area contributed by atoms with Crippen molar-refractivity contribution in [2.24, 2.45) is 0 Å². The number of nitrogens with one attached hydrogen (secondary N) is 1. The summed E-state index contributed by atoms with van der Waals surface area (Å²) < 4.78 is 0. The van der Waals surface area contributed by atoms with Crippen molar-refractivity contribution in [1.29, 1.82) is 0 Å². The van der Waals surface area contributed by atoms with Crippen molar-refractivity contribution in [2.45, 2.75) is 70.9 Å². The van der Waals surface area contributed by atoms with Crippen LogP contribution in [0, 0.1) is 6.08 Å². The molecule has 1 aliphatic heterocycles. The van der Waals surface area contributed by atoms with Crippen molar-refractivity contribution in [3.8, 4) is 0 Å². The van der Waals surface area contributed by atoms with Crippen LogP contribution >= 0.6 is 0 Å². The molecule has 6 heteroatoms. The van der Waals surface area contributed by atoms with E-state index in [0.717, 1.165) is 9.52 Å². The van der Waals surface area contributed by atoms with E-state index in [-0.39, 0.29) is 56.2 Å². The molecule has 1 saturated heterocycles. The Hall–Kier alpha value is 1.32. The van der Waals surface area contributed by atoms with Crippen molar-refractivity contribution in [2.75, 3.05) is 0 Å². The maximum absolute atomic E-state index is 6.94. The molecule has 0 bridgehead atoms. The summed E-state index contributed by atoms with van der Waals surface area (Å²) in [7, 11) is -0.0706. The summed E-state index contributed by atoms with van der Waals surface area (Å²) in [4.78, 5) is 0. The zero-order valence-corrected chi connectivity index (χ0v) is 21.6. The maximum atomic E-state index is 6.94. The molecule has 0 aromatic heterocycles. The third-order valence-corrected chi connectivity index (χ3v) is 7.60. The Morgan fingerprint density at radius 1 is 1.19 bits per heavy atom. The van der Waals surface area contributed by atoms with Crippen LogP contribution < -0.4 is 24.8 Å². The fraction of sp³-hybridized carbons (Fsp3) is 0.733. The standard InChI is InChI=1S/C9H13Si.C4H10N.C2H7Si.2ClH.Hf/c1-10(7-4-8-10)9-5-2-3-6-9;1-4(2,3)5;1-3-2;;;/h2-3H,4-5,7-8H2,1H3;5H,1-3H3;3H,1-2H3;2*1H;/q2*-1;;;;+4/p-2. The summed E-state index contributed by atoms with van der Waals surface area (Å²) >= 11 is 0. The van der Waals surface area contributed by atoms with Gasteiger partial charge in [0.25, 0.3) is 0 Å². The van der Waals surface area contributed by atoms with Crippen molar-refractivity contribution in [1.82, 2.24) is 0 Å². The summed E-state index contributed by atoms with van der Waals surface area (Å²) in [6, 6.07) is 3.05. The Balaban J connectivity index is -0.000000116. The van der Waals surface area contributed by atoms with Crippen LogP contribution in [0.2, 0.25) is 31.7 Å². The molecule has 1 fully saturated rings. The van der Waals surface area contributed by atoms with Crippen molar-refractivity contribution in [3.63, 3.8) is 0 Å². The summed E-state index contributed by atoms with van der Waals surface area (Å²) in [5, 5.41) is 1.68. The molecule has 1 aliphatic carbocycles. The van der Waals surface area contributed by atoms with Gasteiger partial charge in [0.2, 0.25) is 0 Å². The first kappa shape index (κ1) is 30.2. The van der Waals surface area contributed by atoms with Crippen LogP contribution in [0.5, 0.6) is 0 Å². The van der Waals surface area contributed by atoms with Gasteiger partial charge in [-0.05, 0) is 0 Å². The molecule has 1 N–H and O–H groups in total. The average Bonchev–Trinajstić information content (AvgIpc) is 2.65. The molecule has 21 heavy (non-hydrogen) atoms. The minimum atomic E-state index is -0.821. The van der Waals surface area contributed by atoms with Crippen molar-refractivity contribution in [3.05, 3.63) is 29.2 Å². The van der Waals surface area contributed by atoms with Gasteiger partial charge in [-0.2, -0.15) is 5.20 Å². The molecule has 1 radical (unpaired) electrons. The topological polar surface area (TPSA) is 23.8 Å². The van der Waals surface area contributed by atoms with Gasteiger partial charge in [0, 0.05) is 9.52 Å². The largest absolute Gasteiger partial charge is 4.00 e. The molecule has 0 aromatic carbocycles. The smallest absolute Gasteiger partial charge is 1.00 e. The van der Waals surface area contributed by atoms with Crippen LogP contribution in [0.15, 0.2) is 17.3 Å². The van der Waals surface area contributed by atoms with E-state index < -0.39 is 8.07 Å². The summed E-state index contributed by atoms with van der Waals surface area (Å²) in [5.41, 5.74) is 6.69. The molecular weight excluding hydrogens is 500 g/mol. The van der Waals surface area contributed by atoms with Crippen LogP contribution in [-0.2, 0) is 25.8 Å². The van der Waals surface area contributed by atoms with Crippen LogP contribution in [-0.4, -0.2) is 23.1 Å². The molecule has 0 spiro atoms. The Bertz CT molecular complexity index is 293. The average molecular weight is 530 g/mol. The first-order valence-electron chi connectivity index (χ1n) is 7.00. The van der Waals surface area contributed by atoms with Gasteiger partial charge in [-0.15, -0.1) is 12.0 Å². The molecule has 1 heterocycles. The van der Waals surface area contributed by atoms with E-state index in [4.69, 9.17) is 5.73 Å². The van der Waals surface area contributed by atoms with Crippen LogP contribution in [0.4, 0.5) is 0 Å². The van der Waals surface area contributed by atoms with Crippen LogP contribution in [0.1, 0.15) is 33.6 Å². The summed E-state index contributed by atoms with van der Waals surface area (Å²) in [6.07, 6.45) is 10.4. The van der Waals surface area contributed by atoms with Gasteiger partial charge in [0.05, 0.1) is 8.07 Å². The van der Waals surface area contributed by atoms with E-state index in [2.05, 4.69) is 37.9 Å².